The predicted molar refractivity (Wildman–Crippen MR) is 48.2 cm³/mol. The zero-order chi connectivity index (χ0) is 12.1. The molecule has 2 saturated heterocycles. The molecule has 2 aliphatic rings. The van der Waals surface area contributed by atoms with E-state index in [9.17, 15) is 19.5 Å². The van der Waals surface area contributed by atoms with E-state index in [4.69, 9.17) is 9.84 Å². The number of carbonyl (C=O) groups excluding carboxylic acids is 2. The van der Waals surface area contributed by atoms with Gasteiger partial charge in [0.2, 0.25) is 11.4 Å². The Hall–Kier alpha value is -1.63. The normalized spacial score (nSPS) is 41.5. The van der Waals surface area contributed by atoms with Crippen molar-refractivity contribution in [1.29, 1.82) is 0 Å². The molecule has 2 rings (SSSR count). The molecule has 0 aliphatic carbocycles. The molecule has 0 bridgehead atoms. The van der Waals surface area contributed by atoms with E-state index in [0.717, 1.165) is 0 Å². The summed E-state index contributed by atoms with van der Waals surface area (Å²) in [5, 5.41) is 20.5. The van der Waals surface area contributed by atoms with Crippen LogP contribution in [0, 0.1) is 5.92 Å². The number of carboxylic acids is 1. The van der Waals surface area contributed by atoms with E-state index in [0.29, 0.717) is 0 Å². The maximum absolute atomic E-state index is 11.6. The van der Waals surface area contributed by atoms with E-state index in [-0.39, 0.29) is 6.42 Å². The summed E-state index contributed by atoms with van der Waals surface area (Å²) in [6, 6.07) is 0. The zero-order valence-corrected chi connectivity index (χ0v) is 8.52. The molecule has 0 spiro atoms. The molecular formula is C9H11NO6. The lowest BCUT2D eigenvalue weighted by Crippen LogP contribution is -2.64. The molecule has 1 amide bonds. The largest absolute Gasteiger partial charge is 0.479 e. The van der Waals surface area contributed by atoms with Crippen LogP contribution in [0.4, 0.5) is 0 Å². The first kappa shape index (κ1) is 10.9. The van der Waals surface area contributed by atoms with Gasteiger partial charge in [-0.3, -0.25) is 9.59 Å². The monoisotopic (exact) mass is 229 g/mol. The molecule has 88 valence electrons. The van der Waals surface area contributed by atoms with Crippen LogP contribution in [0.25, 0.3) is 0 Å². The zero-order valence-electron chi connectivity index (χ0n) is 8.52. The minimum Gasteiger partial charge on any atom is -0.479 e. The van der Waals surface area contributed by atoms with Gasteiger partial charge in [-0.25, -0.2) is 4.79 Å². The predicted octanol–water partition coefficient (Wildman–Crippen LogP) is -1.75. The second kappa shape index (κ2) is 2.94. The second-order valence-electron chi connectivity index (χ2n) is 4.20. The molecule has 2 heterocycles. The van der Waals surface area contributed by atoms with Gasteiger partial charge in [0.05, 0.1) is 18.9 Å². The number of aliphatic hydroxyl groups excluding tert-OH is 1. The average molecular weight is 229 g/mol. The minimum atomic E-state index is -1.94. The molecule has 0 saturated carbocycles. The minimum absolute atomic E-state index is 0.155. The third kappa shape index (κ3) is 0.981. The molecule has 0 radical (unpaired) electrons. The number of aliphatic carboxylic acids is 1. The molecule has 7 heteroatoms. The van der Waals surface area contributed by atoms with Crippen LogP contribution in [0.15, 0.2) is 0 Å². The molecule has 0 aromatic rings. The maximum atomic E-state index is 11.6. The molecule has 7 nitrogen and oxygen atoms in total. The van der Waals surface area contributed by atoms with Gasteiger partial charge in [-0.15, -0.1) is 0 Å². The summed E-state index contributed by atoms with van der Waals surface area (Å²) in [7, 11) is 0. The van der Waals surface area contributed by atoms with E-state index in [1.54, 1.807) is 0 Å². The highest BCUT2D eigenvalue weighted by molar-refractivity contribution is 5.99. The van der Waals surface area contributed by atoms with E-state index >= 15 is 0 Å². The lowest BCUT2D eigenvalue weighted by Gasteiger charge is -2.35. The number of carbonyl (C=O) groups is 3. The van der Waals surface area contributed by atoms with Crippen LogP contribution in [0.3, 0.4) is 0 Å². The van der Waals surface area contributed by atoms with Crippen molar-refractivity contribution in [2.45, 2.75) is 24.5 Å². The van der Waals surface area contributed by atoms with Crippen LogP contribution < -0.4 is 5.32 Å². The fraction of sp³-hybridized carbons (Fsp3) is 0.667. The summed E-state index contributed by atoms with van der Waals surface area (Å²) >= 11 is 0. The number of esters is 1. The van der Waals surface area contributed by atoms with Gasteiger partial charge in [-0.1, -0.05) is 0 Å². The summed E-state index contributed by atoms with van der Waals surface area (Å²) in [5.74, 6) is -3.47. The number of aliphatic hydroxyl groups is 1. The standard InChI is InChI=1S/C9H11NO6/c1-8-4(2-5(12)16-8)6(13)10-9(8,3-11)7(14)15/h4,11H,2-3H2,1H3,(H,10,13)(H,14,15)/t4-,8-,9-/m0/s1. The first-order valence-electron chi connectivity index (χ1n) is 4.75. The summed E-state index contributed by atoms with van der Waals surface area (Å²) in [5.41, 5.74) is -3.47. The van der Waals surface area contributed by atoms with Crippen molar-refractivity contribution in [2.75, 3.05) is 6.61 Å². The van der Waals surface area contributed by atoms with Gasteiger partial charge in [-0.05, 0) is 6.92 Å². The van der Waals surface area contributed by atoms with Crippen molar-refractivity contribution in [1.82, 2.24) is 5.32 Å². The number of amides is 1. The smallest absolute Gasteiger partial charge is 0.336 e. The van der Waals surface area contributed by atoms with Gasteiger partial charge >= 0.3 is 11.9 Å². The van der Waals surface area contributed by atoms with Crippen LogP contribution in [-0.4, -0.2) is 45.8 Å². The second-order valence-corrected chi connectivity index (χ2v) is 4.20. The Labute approximate surface area is 90.4 Å². The van der Waals surface area contributed by atoms with Crippen LogP contribution in [0.2, 0.25) is 0 Å². The number of hydrogen-bond donors (Lipinski definition) is 3. The van der Waals surface area contributed by atoms with Crippen molar-refractivity contribution in [3.05, 3.63) is 0 Å². The van der Waals surface area contributed by atoms with Crippen molar-refractivity contribution in [2.24, 2.45) is 5.92 Å². The van der Waals surface area contributed by atoms with Crippen molar-refractivity contribution < 1.29 is 29.3 Å². The molecule has 0 aromatic carbocycles. The lowest BCUT2D eigenvalue weighted by atomic mass is 9.77. The fourth-order valence-corrected chi connectivity index (χ4v) is 2.39. The summed E-state index contributed by atoms with van der Waals surface area (Å²) < 4.78 is 4.95. The molecule has 2 aliphatic heterocycles. The Morgan fingerprint density at radius 1 is 1.62 bits per heavy atom. The molecule has 2 fully saturated rings. The number of carboxylic acid groups (broad SMARTS) is 1. The highest BCUT2D eigenvalue weighted by Crippen LogP contribution is 2.46. The number of hydrogen-bond acceptors (Lipinski definition) is 5. The van der Waals surface area contributed by atoms with Crippen LogP contribution in [-0.2, 0) is 19.1 Å². The summed E-state index contributed by atoms with van der Waals surface area (Å²) in [4.78, 5) is 33.9. The molecule has 16 heavy (non-hydrogen) atoms. The van der Waals surface area contributed by atoms with Crippen molar-refractivity contribution in [3.63, 3.8) is 0 Å². The van der Waals surface area contributed by atoms with Gasteiger partial charge in [0.15, 0.2) is 5.60 Å². The Morgan fingerprint density at radius 3 is 2.75 bits per heavy atom. The van der Waals surface area contributed by atoms with Crippen LogP contribution in [0.5, 0.6) is 0 Å². The Morgan fingerprint density at radius 2 is 2.25 bits per heavy atom. The van der Waals surface area contributed by atoms with E-state index in [2.05, 4.69) is 5.32 Å². The molecule has 0 unspecified atom stereocenters. The number of fused-ring (bicyclic) bond motifs is 1. The van der Waals surface area contributed by atoms with E-state index in [1.807, 2.05) is 0 Å². The van der Waals surface area contributed by atoms with Crippen LogP contribution in [0.1, 0.15) is 13.3 Å². The first-order chi connectivity index (χ1) is 7.37. The maximum Gasteiger partial charge on any atom is 0.336 e. The molecule has 3 atom stereocenters. The van der Waals surface area contributed by atoms with Gasteiger partial charge in [0.25, 0.3) is 0 Å². The third-order valence-corrected chi connectivity index (χ3v) is 3.46. The van der Waals surface area contributed by atoms with Gasteiger partial charge in [0.1, 0.15) is 0 Å². The van der Waals surface area contributed by atoms with Crippen molar-refractivity contribution in [3.8, 4) is 0 Å². The van der Waals surface area contributed by atoms with Gasteiger partial charge in [-0.2, -0.15) is 0 Å². The molecular weight excluding hydrogens is 218 g/mol. The molecule has 0 aromatic heterocycles. The topological polar surface area (TPSA) is 113 Å². The number of nitrogens with one attached hydrogen (secondary N) is 1. The Balaban J connectivity index is 2.53. The Kier molecular flexibility index (Phi) is 2.00. The highest BCUT2D eigenvalue weighted by Gasteiger charge is 2.71. The SMILES string of the molecule is C[C@]12OC(=O)C[C@H]1C(=O)N[C@@]2(CO)C(=O)O. The highest BCUT2D eigenvalue weighted by atomic mass is 16.6. The fourth-order valence-electron chi connectivity index (χ4n) is 2.39. The van der Waals surface area contributed by atoms with Gasteiger partial charge < -0.3 is 20.3 Å². The van der Waals surface area contributed by atoms with Crippen molar-refractivity contribution >= 4 is 17.8 Å². The average Bonchev–Trinajstić information content (AvgIpc) is 2.59. The molecule has 3 N–H and O–H groups in total. The lowest BCUT2D eigenvalue weighted by molar-refractivity contribution is -0.168. The van der Waals surface area contributed by atoms with E-state index < -0.39 is 41.5 Å². The Bertz CT molecular complexity index is 393. The number of ether oxygens (including phenoxy) is 1. The van der Waals surface area contributed by atoms with Crippen LogP contribution >= 0.6 is 0 Å². The third-order valence-electron chi connectivity index (χ3n) is 3.46. The summed E-state index contributed by atoms with van der Waals surface area (Å²) in [6.07, 6.45) is -0.155. The van der Waals surface area contributed by atoms with Gasteiger partial charge in [0, 0.05) is 0 Å². The first-order valence-corrected chi connectivity index (χ1v) is 4.75. The summed E-state index contributed by atoms with van der Waals surface area (Å²) in [6.45, 7) is 0.527. The van der Waals surface area contributed by atoms with E-state index in [1.165, 1.54) is 6.92 Å². The quantitative estimate of drug-likeness (QED) is 0.484. The number of rotatable bonds is 2.